The summed E-state index contributed by atoms with van der Waals surface area (Å²) in [4.78, 5) is 2.38. The Morgan fingerprint density at radius 3 is 0.974 bits per heavy atom. The molecule has 0 amide bonds. The summed E-state index contributed by atoms with van der Waals surface area (Å²) >= 11 is 0. The average molecular weight is 655 g/mol. The first-order valence-corrected chi connectivity index (χ1v) is 9.80. The van der Waals surface area contributed by atoms with Crippen molar-refractivity contribution in [1.29, 1.82) is 0 Å². The maximum atomic E-state index is 12.7. The molecule has 0 aliphatic rings. The minimum Gasteiger partial charge on any atom is -0.860 e. The third-order valence-electron chi connectivity index (χ3n) is 4.11. The van der Waals surface area contributed by atoms with Crippen LogP contribution in [-0.2, 0) is 19.5 Å². The van der Waals surface area contributed by atoms with Crippen molar-refractivity contribution in [1.82, 2.24) is 4.90 Å². The Labute approximate surface area is 222 Å². The molecule has 0 aliphatic carbocycles. The fraction of sp³-hybridized carbons (Fsp3) is 0.333. The van der Waals surface area contributed by atoms with E-state index in [1.807, 2.05) is 0 Å². The minimum atomic E-state index is -3.20. The molecule has 0 unspecified atom stereocenters. The van der Waals surface area contributed by atoms with E-state index in [1.165, 1.54) is 19.6 Å². The van der Waals surface area contributed by atoms with Crippen LogP contribution >= 0.6 is 0 Å². The molecule has 0 bridgehead atoms. The van der Waals surface area contributed by atoms with Crippen LogP contribution in [-0.4, -0.2) is 44.2 Å². The van der Waals surface area contributed by atoms with Gasteiger partial charge in [-0.2, -0.15) is 17.6 Å². The zero-order chi connectivity index (χ0) is 29.2. The Kier molecular flexibility index (Phi) is 17.5. The molecule has 0 fully saturated rings. The van der Waals surface area contributed by atoms with Gasteiger partial charge in [0.2, 0.25) is 58.2 Å². The monoisotopic (exact) mass is 656 g/mol. The van der Waals surface area contributed by atoms with E-state index in [4.69, 9.17) is 5.02 Å². The van der Waals surface area contributed by atoms with Crippen molar-refractivity contribution in [2.75, 3.05) is 19.6 Å². The summed E-state index contributed by atoms with van der Waals surface area (Å²) in [5, 5.41) is 37.7. The van der Waals surface area contributed by atoms with Crippen molar-refractivity contribution < 1.29 is 92.8 Å². The number of hydrogen-bond donors (Lipinski definition) is 1. The van der Waals surface area contributed by atoms with Crippen LogP contribution in [0, 0.1) is 58.2 Å². The largest absolute Gasteiger partial charge is 3.00 e. The van der Waals surface area contributed by atoms with Crippen molar-refractivity contribution in [3.8, 4) is 11.5 Å². The molecule has 38 heavy (non-hydrogen) atoms. The first-order valence-electron chi connectivity index (χ1n) is 9.80. The maximum absolute atomic E-state index is 12.7. The third-order valence-corrected chi connectivity index (χ3v) is 4.11. The quantitative estimate of drug-likeness (QED) is 0.205. The Balaban J connectivity index is 0. The molecular weight excluding hydrogens is 639 g/mol. The number of hydrogen-bond acceptors (Lipinski definition) is 7. The maximum Gasteiger partial charge on any atom is 3.00 e. The van der Waals surface area contributed by atoms with Crippen molar-refractivity contribution in [2.45, 2.75) is 20.8 Å². The summed E-state index contributed by atoms with van der Waals surface area (Å²) in [6, 6.07) is 0. The van der Waals surface area contributed by atoms with Crippen LogP contribution in [0.15, 0.2) is 0 Å². The molecule has 2 aromatic rings. The molecule has 213 valence electrons. The van der Waals surface area contributed by atoms with Crippen molar-refractivity contribution >= 4 is 14.6 Å². The second kappa shape index (κ2) is 17.5. The summed E-state index contributed by atoms with van der Waals surface area (Å²) in [7, 11) is -6.14. The molecule has 0 saturated carbocycles. The van der Waals surface area contributed by atoms with Gasteiger partial charge in [0, 0.05) is 0 Å². The van der Waals surface area contributed by atoms with Crippen LogP contribution in [0.4, 0.5) is 43.9 Å². The summed E-state index contributed by atoms with van der Waals surface area (Å²) in [5.74, 6) is -26.9. The van der Waals surface area contributed by atoms with Gasteiger partial charge in [0.05, 0.1) is 0 Å². The van der Waals surface area contributed by atoms with E-state index < -0.39 is 84.3 Å². The number of rotatable bonds is 7. The van der Waals surface area contributed by atoms with Gasteiger partial charge in [0.1, 0.15) is 7.32 Å². The Morgan fingerprint density at radius 1 is 0.553 bits per heavy atom. The second-order valence-electron chi connectivity index (χ2n) is 6.25. The molecule has 0 atom stereocenters. The Morgan fingerprint density at radius 2 is 0.789 bits per heavy atom. The van der Waals surface area contributed by atoms with Crippen LogP contribution in [0.3, 0.4) is 0 Å². The van der Waals surface area contributed by atoms with Gasteiger partial charge in [-0.05, 0) is 19.6 Å². The fourth-order valence-electron chi connectivity index (χ4n) is 2.24. The molecule has 2 rings (SSSR count). The standard InChI is InChI=1S/C6HBF5O3.C6BF5O3.C6H15N.Ru/c2*8-1-2(9)4(11)6(15-7(13)14)5(12)3(1)10;1-4-7(5-2)6-3;/h13H;;4-6H2,1-3H3;/q-1;-2;;+3. The van der Waals surface area contributed by atoms with Crippen LogP contribution in [0.1, 0.15) is 20.8 Å². The predicted molar refractivity (Wildman–Crippen MR) is 101 cm³/mol. The van der Waals surface area contributed by atoms with Crippen LogP contribution in [0.25, 0.3) is 0 Å². The van der Waals surface area contributed by atoms with E-state index in [2.05, 4.69) is 35.0 Å². The van der Waals surface area contributed by atoms with Crippen LogP contribution in [0.5, 0.6) is 11.5 Å². The summed E-state index contributed by atoms with van der Waals surface area (Å²) in [6.45, 7) is 10.1. The normalized spacial score (nSPS) is 10.1. The number of benzene rings is 2. The molecule has 1 radical (unpaired) electrons. The van der Waals surface area contributed by atoms with Gasteiger partial charge in [-0.3, -0.25) is 0 Å². The molecule has 0 saturated heterocycles. The SMILES string of the molecule is CCN(CC)CC.[O-]B(O)Oc1c(F)c(F)c(F)c(F)c1F.[O-]B([O-])Oc1c(F)c(F)c(F)c(F)c1F.[Ru+3]. The fourth-order valence-corrected chi connectivity index (χ4v) is 2.24. The van der Waals surface area contributed by atoms with E-state index >= 15 is 0 Å². The zero-order valence-corrected chi connectivity index (χ0v) is 21.1. The average Bonchev–Trinajstić information content (AvgIpc) is 2.86. The predicted octanol–water partition coefficient (Wildman–Crippen LogP) is 0.910. The number of nitrogens with zero attached hydrogens (tertiary/aromatic N) is 1. The van der Waals surface area contributed by atoms with E-state index in [0.29, 0.717) is 0 Å². The van der Waals surface area contributed by atoms with Gasteiger partial charge in [-0.25, -0.2) is 26.3 Å². The van der Waals surface area contributed by atoms with Gasteiger partial charge in [0.25, 0.3) is 0 Å². The summed E-state index contributed by atoms with van der Waals surface area (Å²) < 4.78 is 132. The van der Waals surface area contributed by atoms with E-state index in [0.717, 1.165) is 0 Å². The molecule has 0 aromatic heterocycles. The topological polar surface area (TPSA) is 111 Å². The summed E-state index contributed by atoms with van der Waals surface area (Å²) in [6.07, 6.45) is 0. The number of halogens is 10. The molecule has 0 aliphatic heterocycles. The smallest absolute Gasteiger partial charge is 0.860 e. The van der Waals surface area contributed by atoms with Crippen molar-refractivity contribution in [3.63, 3.8) is 0 Å². The minimum absolute atomic E-state index is 0. The first-order chi connectivity index (χ1) is 17.1. The Bertz CT molecular complexity index is 915. The molecule has 2 aromatic carbocycles. The Hall–Kier alpha value is -2.11. The first kappa shape index (κ1) is 38.0. The van der Waals surface area contributed by atoms with Gasteiger partial charge in [0.15, 0.2) is 11.5 Å². The molecule has 1 N–H and O–H groups in total. The van der Waals surface area contributed by atoms with E-state index in [9.17, 15) is 59.0 Å². The van der Waals surface area contributed by atoms with Gasteiger partial charge >= 0.3 is 26.8 Å². The molecule has 0 heterocycles. The van der Waals surface area contributed by atoms with E-state index in [-0.39, 0.29) is 19.5 Å². The second-order valence-corrected chi connectivity index (χ2v) is 6.25. The van der Waals surface area contributed by atoms with Gasteiger partial charge in [-0.1, -0.05) is 20.8 Å². The molecule has 20 heteroatoms. The van der Waals surface area contributed by atoms with Gasteiger partial charge < -0.3 is 34.3 Å². The van der Waals surface area contributed by atoms with Gasteiger partial charge in [-0.15, -0.1) is 0 Å². The van der Waals surface area contributed by atoms with Crippen LogP contribution < -0.4 is 24.4 Å². The van der Waals surface area contributed by atoms with Crippen molar-refractivity contribution in [3.05, 3.63) is 58.2 Å². The molecule has 0 spiro atoms. The van der Waals surface area contributed by atoms with Crippen LogP contribution in [0.2, 0.25) is 0 Å². The molecule has 7 nitrogen and oxygen atoms in total. The zero-order valence-electron chi connectivity index (χ0n) is 19.3. The summed E-state index contributed by atoms with van der Waals surface area (Å²) in [5.41, 5.74) is 0. The van der Waals surface area contributed by atoms with E-state index in [1.54, 1.807) is 0 Å². The molecular formula is C18H16B2F10NO6Ru. The van der Waals surface area contributed by atoms with Crippen molar-refractivity contribution in [2.24, 2.45) is 0 Å². The third kappa shape index (κ3) is 10.2.